The summed E-state index contributed by atoms with van der Waals surface area (Å²) >= 11 is 0. The van der Waals surface area contributed by atoms with Gasteiger partial charge in [0.15, 0.2) is 0 Å². The summed E-state index contributed by atoms with van der Waals surface area (Å²) in [6.45, 7) is 4.56. The molecule has 1 aromatic rings. The highest BCUT2D eigenvalue weighted by Crippen LogP contribution is 2.22. The summed E-state index contributed by atoms with van der Waals surface area (Å²) in [6, 6.07) is 0. The Kier molecular flexibility index (Phi) is 4.43. The lowest BCUT2D eigenvalue weighted by Crippen LogP contribution is -2.48. The summed E-state index contributed by atoms with van der Waals surface area (Å²) in [5.41, 5.74) is -0.203. The first-order valence-corrected chi connectivity index (χ1v) is 6.95. The van der Waals surface area contributed by atoms with Gasteiger partial charge in [-0.1, -0.05) is 0 Å². The molecule has 0 saturated carbocycles. The summed E-state index contributed by atoms with van der Waals surface area (Å²) in [5.74, 6) is -0.404. The third kappa shape index (κ3) is 3.30. The molecule has 21 heavy (non-hydrogen) atoms. The third-order valence-corrected chi connectivity index (χ3v) is 3.99. The van der Waals surface area contributed by atoms with Crippen molar-refractivity contribution in [2.45, 2.75) is 32.3 Å². The van der Waals surface area contributed by atoms with Gasteiger partial charge in [-0.05, 0) is 19.4 Å². The van der Waals surface area contributed by atoms with E-state index in [1.807, 2.05) is 0 Å². The molecule has 0 unspecified atom stereocenters. The Hall–Kier alpha value is -1.73. The highest BCUT2D eigenvalue weighted by Gasteiger charge is 2.33. The molecule has 1 saturated heterocycles. The number of H-pyrrole nitrogens is 1. The number of hydrogen-bond acceptors (Lipinski definition) is 5. The van der Waals surface area contributed by atoms with E-state index in [9.17, 15) is 14.7 Å². The van der Waals surface area contributed by atoms with Gasteiger partial charge in [-0.3, -0.25) is 9.59 Å². The maximum atomic E-state index is 12.5. The van der Waals surface area contributed by atoms with Gasteiger partial charge in [0.25, 0.3) is 11.5 Å². The molecule has 1 aromatic heterocycles. The van der Waals surface area contributed by atoms with E-state index >= 15 is 0 Å². The third-order valence-electron chi connectivity index (χ3n) is 3.99. The van der Waals surface area contributed by atoms with Crippen LogP contribution in [-0.4, -0.2) is 58.5 Å². The van der Waals surface area contributed by atoms with Gasteiger partial charge in [0.1, 0.15) is 5.56 Å². The van der Waals surface area contributed by atoms with Crippen molar-refractivity contribution in [1.29, 1.82) is 0 Å². The molecule has 2 rings (SSSR count). The van der Waals surface area contributed by atoms with Crippen molar-refractivity contribution in [2.75, 3.05) is 26.8 Å². The van der Waals surface area contributed by atoms with Crippen molar-refractivity contribution >= 4 is 5.91 Å². The number of carbonyl (C=O) groups is 1. The Morgan fingerprint density at radius 2 is 2.05 bits per heavy atom. The second-order valence-corrected chi connectivity index (χ2v) is 5.64. The summed E-state index contributed by atoms with van der Waals surface area (Å²) in [5, 5.41) is 16.6. The zero-order chi connectivity index (χ0) is 15.6. The van der Waals surface area contributed by atoms with E-state index in [1.54, 1.807) is 20.9 Å². The van der Waals surface area contributed by atoms with Crippen LogP contribution in [0.1, 0.15) is 34.5 Å². The quantitative estimate of drug-likeness (QED) is 0.818. The van der Waals surface area contributed by atoms with Crippen molar-refractivity contribution < 1.29 is 14.6 Å². The van der Waals surface area contributed by atoms with Crippen LogP contribution in [-0.2, 0) is 4.74 Å². The Bertz CT molecular complexity index is 590. The van der Waals surface area contributed by atoms with E-state index in [4.69, 9.17) is 4.74 Å². The molecule has 0 aliphatic carbocycles. The minimum absolute atomic E-state index is 0.0839. The SMILES string of the molecule is Cc1n[nH]c(=O)c(C(=O)N(C)CC2(O)CCOCC2)c1C. The predicted molar refractivity (Wildman–Crippen MR) is 76.3 cm³/mol. The molecule has 0 radical (unpaired) electrons. The Morgan fingerprint density at radius 3 is 2.67 bits per heavy atom. The van der Waals surface area contributed by atoms with E-state index < -0.39 is 17.1 Å². The summed E-state index contributed by atoms with van der Waals surface area (Å²) in [7, 11) is 1.59. The molecule has 116 valence electrons. The molecular formula is C14H21N3O4. The number of nitrogens with one attached hydrogen (secondary N) is 1. The fraction of sp³-hybridized carbons (Fsp3) is 0.643. The van der Waals surface area contributed by atoms with Crippen LogP contribution in [0, 0.1) is 13.8 Å². The lowest BCUT2D eigenvalue weighted by molar-refractivity contribution is -0.0734. The maximum Gasteiger partial charge on any atom is 0.277 e. The first-order valence-electron chi connectivity index (χ1n) is 6.95. The number of hydrogen-bond donors (Lipinski definition) is 2. The largest absolute Gasteiger partial charge is 0.388 e. The van der Waals surface area contributed by atoms with Crippen molar-refractivity contribution in [3.05, 3.63) is 27.2 Å². The van der Waals surface area contributed by atoms with Gasteiger partial charge >= 0.3 is 0 Å². The Balaban J connectivity index is 2.20. The van der Waals surface area contributed by atoms with Gasteiger partial charge in [-0.15, -0.1) is 0 Å². The zero-order valence-corrected chi connectivity index (χ0v) is 12.6. The second kappa shape index (κ2) is 5.95. The summed E-state index contributed by atoms with van der Waals surface area (Å²) in [6.07, 6.45) is 0.963. The highest BCUT2D eigenvalue weighted by atomic mass is 16.5. The minimum atomic E-state index is -0.953. The number of aromatic amines is 1. The maximum absolute atomic E-state index is 12.5. The van der Waals surface area contributed by atoms with E-state index in [1.165, 1.54) is 4.90 Å². The van der Waals surface area contributed by atoms with E-state index in [0.29, 0.717) is 37.3 Å². The van der Waals surface area contributed by atoms with Crippen LogP contribution < -0.4 is 5.56 Å². The smallest absolute Gasteiger partial charge is 0.277 e. The molecule has 0 atom stereocenters. The molecule has 7 heteroatoms. The number of aliphatic hydroxyl groups is 1. The normalized spacial score (nSPS) is 17.5. The van der Waals surface area contributed by atoms with Crippen LogP contribution >= 0.6 is 0 Å². The molecule has 2 N–H and O–H groups in total. The van der Waals surface area contributed by atoms with Gasteiger partial charge in [0, 0.05) is 39.6 Å². The molecule has 0 spiro atoms. The number of likely N-dealkylation sites (N-methyl/N-ethyl adjacent to an activating group) is 1. The van der Waals surface area contributed by atoms with Crippen LogP contribution in [0.4, 0.5) is 0 Å². The van der Waals surface area contributed by atoms with Gasteiger partial charge < -0.3 is 14.7 Å². The average Bonchev–Trinajstić information content (AvgIpc) is 2.43. The standard InChI is InChI=1S/C14H21N3O4/c1-9-10(2)15-16-12(18)11(9)13(19)17(3)8-14(20)4-6-21-7-5-14/h20H,4-8H2,1-3H3,(H,16,18). The van der Waals surface area contributed by atoms with E-state index in [-0.39, 0.29) is 12.1 Å². The number of ether oxygens (including phenoxy) is 1. The van der Waals surface area contributed by atoms with Crippen molar-refractivity contribution in [3.8, 4) is 0 Å². The fourth-order valence-electron chi connectivity index (χ4n) is 2.50. The van der Waals surface area contributed by atoms with Gasteiger partial charge in [0.05, 0.1) is 11.3 Å². The summed E-state index contributed by atoms with van der Waals surface area (Å²) < 4.78 is 5.22. The number of aromatic nitrogens is 2. The second-order valence-electron chi connectivity index (χ2n) is 5.64. The lowest BCUT2D eigenvalue weighted by atomic mass is 9.93. The van der Waals surface area contributed by atoms with Crippen molar-refractivity contribution in [2.24, 2.45) is 0 Å². The number of nitrogens with zero attached hydrogens (tertiary/aromatic N) is 2. The monoisotopic (exact) mass is 295 g/mol. The van der Waals surface area contributed by atoms with E-state index in [2.05, 4.69) is 10.2 Å². The van der Waals surface area contributed by atoms with Crippen LogP contribution in [0.3, 0.4) is 0 Å². The first-order chi connectivity index (χ1) is 9.84. The number of carbonyl (C=O) groups excluding carboxylic acids is 1. The molecular weight excluding hydrogens is 274 g/mol. The highest BCUT2D eigenvalue weighted by molar-refractivity contribution is 5.95. The Morgan fingerprint density at radius 1 is 1.43 bits per heavy atom. The molecule has 1 aliphatic heterocycles. The zero-order valence-electron chi connectivity index (χ0n) is 12.6. The number of aryl methyl sites for hydroxylation is 1. The van der Waals surface area contributed by atoms with Gasteiger partial charge in [-0.2, -0.15) is 5.10 Å². The number of rotatable bonds is 3. The molecule has 2 heterocycles. The van der Waals surface area contributed by atoms with Gasteiger partial charge in [0.2, 0.25) is 0 Å². The first kappa shape index (κ1) is 15.7. The lowest BCUT2D eigenvalue weighted by Gasteiger charge is -2.35. The van der Waals surface area contributed by atoms with E-state index in [0.717, 1.165) is 0 Å². The minimum Gasteiger partial charge on any atom is -0.388 e. The Labute approximate surface area is 122 Å². The number of amides is 1. The van der Waals surface area contributed by atoms with Crippen molar-refractivity contribution in [1.82, 2.24) is 15.1 Å². The van der Waals surface area contributed by atoms with Gasteiger partial charge in [-0.25, -0.2) is 5.10 Å². The molecule has 7 nitrogen and oxygen atoms in total. The molecule has 1 amide bonds. The fourth-order valence-corrected chi connectivity index (χ4v) is 2.50. The molecule has 1 fully saturated rings. The molecule has 0 bridgehead atoms. The van der Waals surface area contributed by atoms with Crippen LogP contribution in [0.15, 0.2) is 4.79 Å². The average molecular weight is 295 g/mol. The van der Waals surface area contributed by atoms with Crippen LogP contribution in [0.2, 0.25) is 0 Å². The van der Waals surface area contributed by atoms with Crippen LogP contribution in [0.25, 0.3) is 0 Å². The van der Waals surface area contributed by atoms with Crippen LogP contribution in [0.5, 0.6) is 0 Å². The predicted octanol–water partition coefficient (Wildman–Crippen LogP) is 0.000240. The topological polar surface area (TPSA) is 95.5 Å². The van der Waals surface area contributed by atoms with Crippen molar-refractivity contribution in [3.63, 3.8) is 0 Å². The molecule has 1 aliphatic rings. The summed E-state index contributed by atoms with van der Waals surface area (Å²) in [4.78, 5) is 25.7. The molecule has 0 aromatic carbocycles.